The van der Waals surface area contributed by atoms with E-state index in [0.717, 1.165) is 11.6 Å². The normalized spacial score (nSPS) is 12.7. The van der Waals surface area contributed by atoms with Crippen LogP contribution in [0.1, 0.15) is 43.9 Å². The van der Waals surface area contributed by atoms with Gasteiger partial charge in [0.25, 0.3) is 0 Å². The first kappa shape index (κ1) is 25.5. The first-order valence-corrected chi connectivity index (χ1v) is 10.3. The van der Waals surface area contributed by atoms with Crippen molar-refractivity contribution in [2.45, 2.75) is 58.0 Å². The number of esters is 1. The fourth-order valence-electron chi connectivity index (χ4n) is 2.78. The highest BCUT2D eigenvalue weighted by Crippen LogP contribution is 2.35. The van der Waals surface area contributed by atoms with Gasteiger partial charge in [-0.3, -0.25) is 0 Å². The maximum Gasteiger partial charge on any atom is 0.417 e. The number of ether oxygens (including phenoxy) is 2. The molecule has 0 unspecified atom stereocenters. The molecule has 0 heterocycles. The van der Waals surface area contributed by atoms with Crippen molar-refractivity contribution in [1.82, 2.24) is 5.32 Å². The van der Waals surface area contributed by atoms with Gasteiger partial charge in [-0.25, -0.2) is 9.59 Å². The van der Waals surface area contributed by atoms with Gasteiger partial charge in [-0.05, 0) is 56.9 Å². The fourth-order valence-corrected chi connectivity index (χ4v) is 3.09. The Balaban J connectivity index is 2.08. The summed E-state index contributed by atoms with van der Waals surface area (Å²) < 4.78 is 49.2. The molecule has 0 aliphatic heterocycles. The number of alkyl halides is 3. The first-order chi connectivity index (χ1) is 14.8. The molecule has 0 spiro atoms. The molecule has 9 heteroatoms. The second kappa shape index (κ2) is 10.7. The minimum atomic E-state index is -4.56. The van der Waals surface area contributed by atoms with E-state index in [4.69, 9.17) is 21.1 Å². The van der Waals surface area contributed by atoms with Crippen molar-refractivity contribution in [2.24, 2.45) is 0 Å². The summed E-state index contributed by atoms with van der Waals surface area (Å²) in [6, 6.07) is 11.3. The highest BCUT2D eigenvalue weighted by atomic mass is 35.5. The van der Waals surface area contributed by atoms with Gasteiger partial charge in [0.1, 0.15) is 18.2 Å². The number of alkyl carbamates (subject to hydrolysis) is 1. The van der Waals surface area contributed by atoms with Crippen LogP contribution in [0.5, 0.6) is 0 Å². The predicted molar refractivity (Wildman–Crippen MR) is 114 cm³/mol. The van der Waals surface area contributed by atoms with Gasteiger partial charge >= 0.3 is 18.2 Å². The number of carbonyl (C=O) groups is 2. The maximum absolute atomic E-state index is 12.9. The first-order valence-electron chi connectivity index (χ1n) is 9.91. The second-order valence-electron chi connectivity index (χ2n) is 8.14. The van der Waals surface area contributed by atoms with Crippen LogP contribution in [0.2, 0.25) is 5.02 Å². The number of rotatable bonds is 7. The van der Waals surface area contributed by atoms with E-state index in [1.54, 1.807) is 45.0 Å². The highest BCUT2D eigenvalue weighted by Gasteiger charge is 2.33. The van der Waals surface area contributed by atoms with E-state index in [9.17, 15) is 22.8 Å². The summed E-state index contributed by atoms with van der Waals surface area (Å²) in [7, 11) is 0. The summed E-state index contributed by atoms with van der Waals surface area (Å²) in [6.45, 7) is 5.05. The van der Waals surface area contributed by atoms with Gasteiger partial charge < -0.3 is 14.8 Å². The number of amides is 1. The molecule has 1 amide bonds. The molecule has 174 valence electrons. The Labute approximate surface area is 189 Å². The third-order valence-electron chi connectivity index (χ3n) is 4.26. The average Bonchev–Trinajstić information content (AvgIpc) is 2.67. The largest absolute Gasteiger partial charge is 0.459 e. The van der Waals surface area contributed by atoms with Crippen LogP contribution >= 0.6 is 11.6 Å². The Morgan fingerprint density at radius 1 is 1.03 bits per heavy atom. The molecule has 0 aliphatic rings. The average molecular weight is 472 g/mol. The lowest BCUT2D eigenvalue weighted by molar-refractivity contribution is -0.147. The summed E-state index contributed by atoms with van der Waals surface area (Å²) in [4.78, 5) is 24.8. The van der Waals surface area contributed by atoms with Crippen molar-refractivity contribution < 1.29 is 32.2 Å². The fraction of sp³-hybridized carbons (Fsp3) is 0.391. The van der Waals surface area contributed by atoms with Gasteiger partial charge in [0.05, 0.1) is 10.6 Å². The molecule has 1 atom stereocenters. The lowest BCUT2D eigenvalue weighted by atomic mass is 10.0. The molecule has 1 N–H and O–H groups in total. The monoisotopic (exact) mass is 471 g/mol. The highest BCUT2D eigenvalue weighted by molar-refractivity contribution is 6.31. The predicted octanol–water partition coefficient (Wildman–Crippen LogP) is 5.93. The lowest BCUT2D eigenvalue weighted by Gasteiger charge is -2.23. The van der Waals surface area contributed by atoms with E-state index in [1.807, 2.05) is 6.07 Å². The minimum Gasteiger partial charge on any atom is -0.459 e. The van der Waals surface area contributed by atoms with Gasteiger partial charge in [-0.15, -0.1) is 0 Å². The smallest absolute Gasteiger partial charge is 0.417 e. The van der Waals surface area contributed by atoms with E-state index in [2.05, 4.69) is 5.32 Å². The second-order valence-corrected chi connectivity index (χ2v) is 8.55. The summed E-state index contributed by atoms with van der Waals surface area (Å²) >= 11 is 5.77. The van der Waals surface area contributed by atoms with Gasteiger partial charge in [0.15, 0.2) is 0 Å². The van der Waals surface area contributed by atoms with Crippen molar-refractivity contribution in [2.75, 3.05) is 0 Å². The molecule has 2 aromatic carbocycles. The summed E-state index contributed by atoms with van der Waals surface area (Å²) in [5.74, 6) is -0.683. The zero-order chi connectivity index (χ0) is 23.9. The van der Waals surface area contributed by atoms with E-state index < -0.39 is 40.5 Å². The Morgan fingerprint density at radius 3 is 2.25 bits per heavy atom. The molecule has 0 bridgehead atoms. The van der Waals surface area contributed by atoms with Crippen LogP contribution in [0.3, 0.4) is 0 Å². The van der Waals surface area contributed by atoms with Crippen LogP contribution in [0, 0.1) is 0 Å². The van der Waals surface area contributed by atoms with E-state index in [0.29, 0.717) is 5.56 Å². The molecule has 0 aromatic heterocycles. The third-order valence-corrected chi connectivity index (χ3v) is 4.57. The molecule has 2 aromatic rings. The molecule has 0 saturated heterocycles. The van der Waals surface area contributed by atoms with Gasteiger partial charge in [-0.2, -0.15) is 13.2 Å². The third kappa shape index (κ3) is 8.42. The zero-order valence-corrected chi connectivity index (χ0v) is 18.7. The van der Waals surface area contributed by atoms with Crippen molar-refractivity contribution in [3.63, 3.8) is 0 Å². The number of hydrogen-bond acceptors (Lipinski definition) is 4. The molecule has 5 nitrogen and oxygen atoms in total. The van der Waals surface area contributed by atoms with Crippen LogP contribution in [0.4, 0.5) is 18.0 Å². The Bertz CT molecular complexity index is 927. The zero-order valence-electron chi connectivity index (χ0n) is 18.0. The van der Waals surface area contributed by atoms with E-state index in [1.165, 1.54) is 12.1 Å². The van der Waals surface area contributed by atoms with Gasteiger partial charge in [-0.1, -0.05) is 48.0 Å². The number of halogens is 4. The van der Waals surface area contributed by atoms with Gasteiger partial charge in [0, 0.05) is 0 Å². The number of benzene rings is 2. The van der Waals surface area contributed by atoms with Crippen LogP contribution in [0.15, 0.2) is 48.5 Å². The van der Waals surface area contributed by atoms with Crippen molar-refractivity contribution in [3.05, 3.63) is 70.2 Å². The van der Waals surface area contributed by atoms with Crippen molar-refractivity contribution in [3.8, 4) is 0 Å². The van der Waals surface area contributed by atoms with Crippen LogP contribution in [0.25, 0.3) is 0 Å². The minimum absolute atomic E-state index is 0.0122. The number of aryl methyl sites for hydroxylation is 1. The number of carbonyl (C=O) groups excluding carboxylic acids is 2. The summed E-state index contributed by atoms with van der Waals surface area (Å²) in [6.07, 6.45) is -5.10. The van der Waals surface area contributed by atoms with Crippen molar-refractivity contribution in [1.29, 1.82) is 0 Å². The Kier molecular flexibility index (Phi) is 8.55. The SMILES string of the molecule is CC(C)(C)OC(=O)N[C@@H](CCc1ccc(C(F)(F)F)c(Cl)c1)C(=O)OCc1ccccc1. The quantitative estimate of drug-likeness (QED) is 0.508. The standard InChI is InChI=1S/C23H25ClF3NO4/c1-22(2,3)32-21(30)28-19(20(29)31-14-16-7-5-4-6-8-16)12-10-15-9-11-17(18(24)13-15)23(25,26)27/h4-9,11,13,19H,10,12,14H2,1-3H3,(H,28,30)/t19-/m0/s1. The van der Waals surface area contributed by atoms with Crippen LogP contribution in [-0.2, 0) is 33.5 Å². The molecule has 0 aliphatic carbocycles. The molecule has 0 saturated carbocycles. The van der Waals surface area contributed by atoms with E-state index in [-0.39, 0.29) is 19.4 Å². The Hall–Kier alpha value is -2.74. The molecule has 0 radical (unpaired) electrons. The van der Waals surface area contributed by atoms with Crippen LogP contribution < -0.4 is 5.32 Å². The topological polar surface area (TPSA) is 64.6 Å². The molecule has 32 heavy (non-hydrogen) atoms. The summed E-state index contributed by atoms with van der Waals surface area (Å²) in [5.41, 5.74) is -0.460. The van der Waals surface area contributed by atoms with Crippen LogP contribution in [-0.4, -0.2) is 23.7 Å². The molecule has 2 rings (SSSR count). The number of nitrogens with one attached hydrogen (secondary N) is 1. The molecular weight excluding hydrogens is 447 g/mol. The summed E-state index contributed by atoms with van der Waals surface area (Å²) in [5, 5.41) is 2.05. The Morgan fingerprint density at radius 2 is 1.69 bits per heavy atom. The lowest BCUT2D eigenvalue weighted by Crippen LogP contribution is -2.44. The molecular formula is C23H25ClF3NO4. The van der Waals surface area contributed by atoms with E-state index >= 15 is 0 Å². The molecule has 0 fully saturated rings. The number of hydrogen-bond donors (Lipinski definition) is 1. The maximum atomic E-state index is 12.9. The van der Waals surface area contributed by atoms with Gasteiger partial charge in [0.2, 0.25) is 0 Å². The van der Waals surface area contributed by atoms with Crippen molar-refractivity contribution >= 4 is 23.7 Å².